The number of aryl methyl sites for hydroxylation is 2. The van der Waals surface area contributed by atoms with Crippen LogP contribution >= 0.6 is 0 Å². The summed E-state index contributed by atoms with van der Waals surface area (Å²) in [7, 11) is 0. The fourth-order valence-corrected chi connectivity index (χ4v) is 6.13. The summed E-state index contributed by atoms with van der Waals surface area (Å²) in [5.41, 5.74) is 10.8. The van der Waals surface area contributed by atoms with Crippen LogP contribution in [0.3, 0.4) is 0 Å². The van der Waals surface area contributed by atoms with Crippen molar-refractivity contribution in [3.8, 4) is 5.75 Å². The van der Waals surface area contributed by atoms with Crippen LogP contribution in [-0.2, 0) is 6.54 Å². The van der Waals surface area contributed by atoms with Crippen molar-refractivity contribution in [2.45, 2.75) is 65.1 Å². The number of benzene rings is 2. The quantitative estimate of drug-likeness (QED) is 0.248. The maximum atomic E-state index is 12.4. The first-order valence-corrected chi connectivity index (χ1v) is 14.0. The van der Waals surface area contributed by atoms with E-state index in [-0.39, 0.29) is 5.56 Å². The molecule has 7 N–H and O–H groups in total. The minimum atomic E-state index is -0.572. The van der Waals surface area contributed by atoms with Crippen LogP contribution in [0.15, 0.2) is 36.4 Å². The molecule has 2 unspecified atom stereocenters. The smallest absolute Gasteiger partial charge is 0.256 e. The summed E-state index contributed by atoms with van der Waals surface area (Å²) >= 11 is 0. The highest BCUT2D eigenvalue weighted by Crippen LogP contribution is 2.37. The molecule has 2 aliphatic heterocycles. The number of phenols is 1. The first kappa shape index (κ1) is 27.0. The number of hydrogen-bond donors (Lipinski definition) is 6. The maximum Gasteiger partial charge on any atom is 0.256 e. The first-order chi connectivity index (χ1) is 18.8. The highest BCUT2D eigenvalue weighted by molar-refractivity contribution is 6.03. The zero-order valence-corrected chi connectivity index (χ0v) is 23.2. The summed E-state index contributed by atoms with van der Waals surface area (Å²) in [6, 6.07) is 13.4. The zero-order valence-electron chi connectivity index (χ0n) is 23.2. The van der Waals surface area contributed by atoms with Crippen LogP contribution < -0.4 is 21.7 Å². The van der Waals surface area contributed by atoms with E-state index in [0.717, 1.165) is 42.0 Å². The van der Waals surface area contributed by atoms with E-state index in [4.69, 9.17) is 5.73 Å². The maximum absolute atomic E-state index is 12.4. The second-order valence-electron chi connectivity index (χ2n) is 11.2. The molecule has 1 amide bonds. The standard InChI is InChI=1S/C30H41N7O2/c1-18-10-13-37(24-8-11-32-12-9-24)25(14-18)22-4-6-23(7-5-22)34-30-26(28(31)39)29(35-36-30)33-17-21-15-19(2)27(38)20(3)16-21/h4-7,15-16,18,24-25,32,38H,8-14,17H2,1-3H3,(H2,31,39)(H3,33,34,35,36). The predicted octanol–water partition coefficient (Wildman–Crippen LogP) is 4.71. The Morgan fingerprint density at radius 1 is 1.13 bits per heavy atom. The number of nitrogens with zero attached hydrogens (tertiary/aromatic N) is 2. The number of piperidine rings is 2. The van der Waals surface area contributed by atoms with E-state index in [9.17, 15) is 9.90 Å². The number of hydrogen-bond acceptors (Lipinski definition) is 7. The van der Waals surface area contributed by atoms with Crippen molar-refractivity contribution in [3.63, 3.8) is 0 Å². The van der Waals surface area contributed by atoms with Gasteiger partial charge in [-0.3, -0.25) is 14.8 Å². The lowest BCUT2D eigenvalue weighted by molar-refractivity contribution is 0.0560. The van der Waals surface area contributed by atoms with Crippen LogP contribution in [0.2, 0.25) is 0 Å². The van der Waals surface area contributed by atoms with Gasteiger partial charge in [-0.1, -0.05) is 31.2 Å². The van der Waals surface area contributed by atoms with E-state index in [1.807, 2.05) is 26.0 Å². The molecule has 9 heteroatoms. The third kappa shape index (κ3) is 6.04. The second kappa shape index (κ2) is 11.7. The van der Waals surface area contributed by atoms with Gasteiger partial charge >= 0.3 is 0 Å². The molecule has 2 aromatic carbocycles. The number of amides is 1. The average molecular weight is 532 g/mol. The Kier molecular flexibility index (Phi) is 8.09. The van der Waals surface area contributed by atoms with Crippen molar-refractivity contribution in [3.05, 3.63) is 64.2 Å². The summed E-state index contributed by atoms with van der Waals surface area (Å²) in [5, 5.41) is 27.3. The number of rotatable bonds is 8. The summed E-state index contributed by atoms with van der Waals surface area (Å²) in [4.78, 5) is 15.1. The zero-order chi connectivity index (χ0) is 27.5. The average Bonchev–Trinajstić information content (AvgIpc) is 3.34. The van der Waals surface area contributed by atoms with Gasteiger partial charge in [0, 0.05) is 24.3 Å². The molecule has 3 heterocycles. The topological polar surface area (TPSA) is 131 Å². The van der Waals surface area contributed by atoms with E-state index in [2.05, 4.69) is 62.2 Å². The molecule has 0 radical (unpaired) electrons. The molecule has 2 fully saturated rings. The number of carbonyl (C=O) groups excluding carboxylic acids is 1. The number of phenolic OH excluding ortho intramolecular Hbond substituents is 1. The van der Waals surface area contributed by atoms with Crippen molar-refractivity contribution in [2.75, 3.05) is 30.3 Å². The van der Waals surface area contributed by atoms with E-state index in [1.165, 1.54) is 31.2 Å². The van der Waals surface area contributed by atoms with E-state index in [1.54, 1.807) is 0 Å². The van der Waals surface area contributed by atoms with Crippen molar-refractivity contribution < 1.29 is 9.90 Å². The number of carbonyl (C=O) groups is 1. The molecule has 0 bridgehead atoms. The minimum Gasteiger partial charge on any atom is -0.507 e. The van der Waals surface area contributed by atoms with Gasteiger partial charge in [0.05, 0.1) is 0 Å². The summed E-state index contributed by atoms with van der Waals surface area (Å²) in [5.74, 6) is 1.29. The van der Waals surface area contributed by atoms with Crippen molar-refractivity contribution in [2.24, 2.45) is 11.7 Å². The molecule has 2 atom stereocenters. The first-order valence-electron chi connectivity index (χ1n) is 14.0. The van der Waals surface area contributed by atoms with E-state index in [0.29, 0.717) is 41.9 Å². The lowest BCUT2D eigenvalue weighted by Crippen LogP contribution is -2.47. The molecule has 1 aromatic heterocycles. The number of aromatic amines is 1. The molecular formula is C30H41N7O2. The third-order valence-electron chi connectivity index (χ3n) is 8.27. The van der Waals surface area contributed by atoms with Gasteiger partial charge in [0.15, 0.2) is 5.82 Å². The predicted molar refractivity (Wildman–Crippen MR) is 155 cm³/mol. The van der Waals surface area contributed by atoms with Crippen LogP contribution in [0, 0.1) is 19.8 Å². The van der Waals surface area contributed by atoms with Crippen molar-refractivity contribution in [1.82, 2.24) is 20.4 Å². The Morgan fingerprint density at radius 3 is 2.49 bits per heavy atom. The van der Waals surface area contributed by atoms with Crippen LogP contribution in [-0.4, -0.2) is 51.8 Å². The normalized spacial score (nSPS) is 20.6. The molecule has 0 spiro atoms. The lowest BCUT2D eigenvalue weighted by atomic mass is 9.86. The molecule has 0 saturated carbocycles. The molecule has 3 aromatic rings. The molecule has 2 aliphatic rings. The van der Waals surface area contributed by atoms with Gasteiger partial charge in [0.2, 0.25) is 0 Å². The Balaban J connectivity index is 1.29. The molecule has 5 rings (SSSR count). The van der Waals surface area contributed by atoms with Gasteiger partial charge in [-0.05, 0) is 99.5 Å². The highest BCUT2D eigenvalue weighted by atomic mass is 16.3. The van der Waals surface area contributed by atoms with E-state index < -0.39 is 5.91 Å². The fraction of sp³-hybridized carbons (Fsp3) is 0.467. The molecule has 9 nitrogen and oxygen atoms in total. The summed E-state index contributed by atoms with van der Waals surface area (Å²) < 4.78 is 0. The number of H-pyrrole nitrogens is 1. The molecule has 0 aliphatic carbocycles. The van der Waals surface area contributed by atoms with Crippen LogP contribution in [0.1, 0.15) is 71.3 Å². The van der Waals surface area contributed by atoms with Gasteiger partial charge in [0.1, 0.15) is 17.1 Å². The third-order valence-corrected chi connectivity index (χ3v) is 8.27. The van der Waals surface area contributed by atoms with Crippen LogP contribution in [0.25, 0.3) is 0 Å². The van der Waals surface area contributed by atoms with Gasteiger partial charge in [-0.15, -0.1) is 0 Å². The Labute approximate surface area is 230 Å². The molecule has 2 saturated heterocycles. The van der Waals surface area contributed by atoms with Gasteiger partial charge in [0.25, 0.3) is 5.91 Å². The number of aromatic nitrogens is 2. The Hall–Kier alpha value is -3.56. The Bertz CT molecular complexity index is 1270. The largest absolute Gasteiger partial charge is 0.507 e. The number of primary amides is 1. The Morgan fingerprint density at radius 2 is 1.82 bits per heavy atom. The monoisotopic (exact) mass is 531 g/mol. The number of nitrogens with two attached hydrogens (primary N) is 1. The van der Waals surface area contributed by atoms with Gasteiger partial charge in [-0.25, -0.2) is 0 Å². The van der Waals surface area contributed by atoms with Crippen molar-refractivity contribution in [1.29, 1.82) is 0 Å². The van der Waals surface area contributed by atoms with E-state index >= 15 is 0 Å². The van der Waals surface area contributed by atoms with Gasteiger partial charge in [-0.2, -0.15) is 5.10 Å². The number of aromatic hydroxyl groups is 1. The number of likely N-dealkylation sites (tertiary alicyclic amines) is 1. The summed E-state index contributed by atoms with van der Waals surface area (Å²) in [6.07, 6.45) is 4.86. The minimum absolute atomic E-state index is 0.282. The van der Waals surface area contributed by atoms with Gasteiger partial charge < -0.3 is 26.8 Å². The van der Waals surface area contributed by atoms with Crippen LogP contribution in [0.5, 0.6) is 5.75 Å². The number of anilines is 3. The molecular weight excluding hydrogens is 490 g/mol. The fourth-order valence-electron chi connectivity index (χ4n) is 6.13. The molecule has 39 heavy (non-hydrogen) atoms. The van der Waals surface area contributed by atoms with Crippen molar-refractivity contribution >= 4 is 23.2 Å². The second-order valence-corrected chi connectivity index (χ2v) is 11.2. The highest BCUT2D eigenvalue weighted by Gasteiger charge is 2.33. The lowest BCUT2D eigenvalue weighted by Gasteiger charge is -2.45. The molecule has 208 valence electrons. The van der Waals surface area contributed by atoms with Crippen LogP contribution in [0.4, 0.5) is 17.3 Å². The summed E-state index contributed by atoms with van der Waals surface area (Å²) in [6.45, 7) is 9.90. The number of nitrogens with one attached hydrogen (secondary N) is 4. The SMILES string of the molecule is Cc1cc(CNc2[nH]nc(Nc3ccc(C4CC(C)CCN4C4CCNCC4)cc3)c2C(N)=O)cc(C)c1O.